The molecule has 0 N–H and O–H groups in total. The van der Waals surface area contributed by atoms with Gasteiger partial charge in [0.05, 0.1) is 0 Å². The predicted octanol–water partition coefficient (Wildman–Crippen LogP) is 3.61. The number of rotatable bonds is 4. The largest absolute Gasteiger partial charge is 0.489 e. The van der Waals surface area contributed by atoms with E-state index in [-0.39, 0.29) is 5.78 Å². The summed E-state index contributed by atoms with van der Waals surface area (Å²) in [4.78, 5) is 11.2. The van der Waals surface area contributed by atoms with Crippen molar-refractivity contribution < 1.29 is 13.9 Å². The van der Waals surface area contributed by atoms with Crippen molar-refractivity contribution in [2.24, 2.45) is 0 Å². The number of carbonyl (C=O) groups excluding carboxylic acids is 1. The number of benzene rings is 2. The zero-order chi connectivity index (χ0) is 13.0. The number of carbonyl (C=O) groups is 1. The maximum Gasteiger partial charge on any atom is 0.160 e. The van der Waals surface area contributed by atoms with Gasteiger partial charge in [-0.3, -0.25) is 4.79 Å². The molecule has 18 heavy (non-hydrogen) atoms. The van der Waals surface area contributed by atoms with Gasteiger partial charge >= 0.3 is 0 Å². The molecule has 0 aliphatic carbocycles. The van der Waals surface area contributed by atoms with E-state index in [2.05, 4.69) is 0 Å². The van der Waals surface area contributed by atoms with Crippen molar-refractivity contribution in [3.05, 3.63) is 65.5 Å². The van der Waals surface area contributed by atoms with E-state index in [4.69, 9.17) is 4.74 Å². The Morgan fingerprint density at radius 1 is 1.17 bits per heavy atom. The van der Waals surface area contributed by atoms with Crippen LogP contribution in [0.5, 0.6) is 5.75 Å². The van der Waals surface area contributed by atoms with Crippen LogP contribution in [0.1, 0.15) is 22.8 Å². The lowest BCUT2D eigenvalue weighted by Gasteiger charge is -2.07. The Morgan fingerprint density at radius 3 is 2.56 bits per heavy atom. The van der Waals surface area contributed by atoms with Gasteiger partial charge in [-0.25, -0.2) is 4.39 Å². The van der Waals surface area contributed by atoms with Gasteiger partial charge in [-0.1, -0.05) is 30.3 Å². The van der Waals surface area contributed by atoms with E-state index in [0.29, 0.717) is 17.9 Å². The average Bonchev–Trinajstić information content (AvgIpc) is 2.37. The van der Waals surface area contributed by atoms with E-state index < -0.39 is 5.82 Å². The molecule has 0 amide bonds. The van der Waals surface area contributed by atoms with Gasteiger partial charge < -0.3 is 4.74 Å². The maximum atomic E-state index is 13.3. The van der Waals surface area contributed by atoms with Gasteiger partial charge in [0, 0.05) is 11.6 Å². The first kappa shape index (κ1) is 12.3. The number of halogens is 1. The molecule has 0 atom stereocenters. The maximum absolute atomic E-state index is 13.3. The van der Waals surface area contributed by atoms with Crippen LogP contribution in [0.2, 0.25) is 0 Å². The minimum Gasteiger partial charge on any atom is -0.489 e. The van der Waals surface area contributed by atoms with Crippen LogP contribution in [-0.4, -0.2) is 5.78 Å². The molecule has 0 fully saturated rings. The Labute approximate surface area is 105 Å². The number of ether oxygens (including phenoxy) is 1. The highest BCUT2D eigenvalue weighted by molar-refractivity contribution is 5.94. The van der Waals surface area contributed by atoms with E-state index in [9.17, 15) is 9.18 Å². The van der Waals surface area contributed by atoms with Crippen LogP contribution in [0.25, 0.3) is 0 Å². The number of ketones is 1. The number of hydrogen-bond donors (Lipinski definition) is 0. The van der Waals surface area contributed by atoms with Gasteiger partial charge in [-0.05, 0) is 24.6 Å². The molecule has 0 aromatic heterocycles. The quantitative estimate of drug-likeness (QED) is 0.768. The molecule has 0 heterocycles. The molecule has 2 aromatic carbocycles. The highest BCUT2D eigenvalue weighted by Crippen LogP contribution is 2.18. The normalized spacial score (nSPS) is 10.1. The van der Waals surface area contributed by atoms with E-state index in [0.717, 1.165) is 5.56 Å². The molecule has 0 saturated heterocycles. The average molecular weight is 244 g/mol. The minimum atomic E-state index is -0.467. The van der Waals surface area contributed by atoms with Crippen molar-refractivity contribution in [1.29, 1.82) is 0 Å². The molecule has 0 aliphatic heterocycles. The molecule has 0 radical (unpaired) electrons. The third-order valence-corrected chi connectivity index (χ3v) is 2.53. The van der Waals surface area contributed by atoms with Gasteiger partial charge in [-0.2, -0.15) is 0 Å². The van der Waals surface area contributed by atoms with E-state index in [1.54, 1.807) is 6.07 Å². The Bertz CT molecular complexity index is 550. The first-order valence-electron chi connectivity index (χ1n) is 5.63. The molecular formula is C15H13FO2. The van der Waals surface area contributed by atoms with Crippen LogP contribution in [0.15, 0.2) is 48.5 Å². The van der Waals surface area contributed by atoms with Crippen LogP contribution in [-0.2, 0) is 6.61 Å². The molecule has 2 rings (SSSR count). The lowest BCUT2D eigenvalue weighted by molar-refractivity contribution is 0.101. The highest BCUT2D eigenvalue weighted by atomic mass is 19.1. The Kier molecular flexibility index (Phi) is 3.72. The topological polar surface area (TPSA) is 26.3 Å². The summed E-state index contributed by atoms with van der Waals surface area (Å²) in [7, 11) is 0. The van der Waals surface area contributed by atoms with Gasteiger partial charge in [0.15, 0.2) is 5.78 Å². The molecule has 0 bridgehead atoms. The fraction of sp³-hybridized carbons (Fsp3) is 0.133. The fourth-order valence-electron chi connectivity index (χ4n) is 1.59. The number of Topliss-reactive ketones (excluding diaryl/α,β-unsaturated/α-hetero) is 1. The van der Waals surface area contributed by atoms with Crippen molar-refractivity contribution in [2.45, 2.75) is 13.5 Å². The lowest BCUT2D eigenvalue weighted by Crippen LogP contribution is -1.98. The third-order valence-electron chi connectivity index (χ3n) is 2.53. The fourth-order valence-corrected chi connectivity index (χ4v) is 1.59. The first-order chi connectivity index (χ1) is 8.65. The van der Waals surface area contributed by atoms with Gasteiger partial charge in [0.2, 0.25) is 0 Å². The smallest absolute Gasteiger partial charge is 0.160 e. The monoisotopic (exact) mass is 244 g/mol. The highest BCUT2D eigenvalue weighted by Gasteiger charge is 2.05. The molecule has 2 aromatic rings. The van der Waals surface area contributed by atoms with Crippen molar-refractivity contribution in [3.8, 4) is 5.75 Å². The number of hydrogen-bond acceptors (Lipinski definition) is 2. The summed E-state index contributed by atoms with van der Waals surface area (Å²) in [5.41, 5.74) is 1.31. The van der Waals surface area contributed by atoms with E-state index in [1.807, 2.05) is 30.3 Å². The summed E-state index contributed by atoms with van der Waals surface area (Å²) in [6, 6.07) is 13.6. The second-order valence-electron chi connectivity index (χ2n) is 4.01. The van der Waals surface area contributed by atoms with Crippen molar-refractivity contribution >= 4 is 5.78 Å². The summed E-state index contributed by atoms with van der Waals surface area (Å²) in [5, 5.41) is 0. The van der Waals surface area contributed by atoms with Crippen molar-refractivity contribution in [1.82, 2.24) is 0 Å². The van der Waals surface area contributed by atoms with Crippen molar-refractivity contribution in [2.75, 3.05) is 0 Å². The van der Waals surface area contributed by atoms with Crippen LogP contribution < -0.4 is 4.74 Å². The van der Waals surface area contributed by atoms with Crippen LogP contribution in [0.3, 0.4) is 0 Å². The second kappa shape index (κ2) is 5.45. The Morgan fingerprint density at radius 2 is 1.89 bits per heavy atom. The Hall–Kier alpha value is -2.16. The van der Waals surface area contributed by atoms with Gasteiger partial charge in [0.25, 0.3) is 0 Å². The standard InChI is InChI=1S/C15H13FO2/c1-11(17)13-7-14(16)9-15(8-13)18-10-12-5-3-2-4-6-12/h2-9H,10H2,1H3. The van der Waals surface area contributed by atoms with Crippen molar-refractivity contribution in [3.63, 3.8) is 0 Å². The third kappa shape index (κ3) is 3.17. The minimum absolute atomic E-state index is 0.181. The van der Waals surface area contributed by atoms with Crippen LogP contribution in [0, 0.1) is 5.82 Å². The van der Waals surface area contributed by atoms with Gasteiger partial charge in [-0.15, -0.1) is 0 Å². The second-order valence-corrected chi connectivity index (χ2v) is 4.01. The molecule has 0 spiro atoms. The SMILES string of the molecule is CC(=O)c1cc(F)cc(OCc2ccccc2)c1. The summed E-state index contributed by atoms with van der Waals surface area (Å²) < 4.78 is 18.8. The first-order valence-corrected chi connectivity index (χ1v) is 5.63. The molecule has 2 nitrogen and oxygen atoms in total. The predicted molar refractivity (Wildman–Crippen MR) is 67.2 cm³/mol. The zero-order valence-corrected chi connectivity index (χ0v) is 10.0. The lowest BCUT2D eigenvalue weighted by atomic mass is 10.1. The zero-order valence-electron chi connectivity index (χ0n) is 10.0. The molecular weight excluding hydrogens is 231 g/mol. The summed E-state index contributed by atoms with van der Waals surface area (Å²) >= 11 is 0. The molecule has 3 heteroatoms. The molecule has 0 aliphatic rings. The van der Waals surface area contributed by atoms with E-state index in [1.165, 1.54) is 19.1 Å². The molecule has 0 saturated carbocycles. The molecule has 0 unspecified atom stereocenters. The summed E-state index contributed by atoms with van der Waals surface area (Å²) in [6.45, 7) is 1.75. The van der Waals surface area contributed by atoms with Crippen LogP contribution >= 0.6 is 0 Å². The summed E-state index contributed by atoms with van der Waals surface area (Å²) in [5.74, 6) is -0.283. The van der Waals surface area contributed by atoms with Crippen LogP contribution in [0.4, 0.5) is 4.39 Å². The Balaban J connectivity index is 2.12. The summed E-state index contributed by atoms with van der Waals surface area (Å²) in [6.07, 6.45) is 0. The molecule has 92 valence electrons. The van der Waals surface area contributed by atoms with Gasteiger partial charge in [0.1, 0.15) is 18.2 Å². The van der Waals surface area contributed by atoms with E-state index >= 15 is 0 Å².